The highest BCUT2D eigenvalue weighted by molar-refractivity contribution is 5.90. The van der Waals surface area contributed by atoms with Crippen molar-refractivity contribution in [1.82, 2.24) is 9.78 Å². The highest BCUT2D eigenvalue weighted by Gasteiger charge is 2.27. The number of aromatic nitrogens is 2. The molecule has 0 aromatic carbocycles. The summed E-state index contributed by atoms with van der Waals surface area (Å²) in [7, 11) is 1.36. The molecule has 88 valence electrons. The molecule has 1 aromatic rings. The SMILES string of the molecule is CCc1c(C(=O)OC)nn(C2CCC2)c1N. The zero-order chi connectivity index (χ0) is 11.7. The number of ether oxygens (including phenoxy) is 1. The lowest BCUT2D eigenvalue weighted by Crippen LogP contribution is -2.20. The Kier molecular flexibility index (Phi) is 2.85. The molecule has 5 heteroatoms. The lowest BCUT2D eigenvalue weighted by molar-refractivity contribution is 0.0591. The molecular formula is C11H17N3O2. The van der Waals surface area contributed by atoms with Crippen LogP contribution in [0.5, 0.6) is 0 Å². The van der Waals surface area contributed by atoms with Crippen LogP contribution in [-0.4, -0.2) is 22.9 Å². The van der Waals surface area contributed by atoms with Crippen molar-refractivity contribution in [2.45, 2.75) is 38.6 Å². The van der Waals surface area contributed by atoms with Crippen molar-refractivity contribution in [3.05, 3.63) is 11.3 Å². The van der Waals surface area contributed by atoms with E-state index in [1.807, 2.05) is 6.92 Å². The van der Waals surface area contributed by atoms with Crippen molar-refractivity contribution in [2.75, 3.05) is 12.8 Å². The zero-order valence-corrected chi connectivity index (χ0v) is 9.69. The summed E-state index contributed by atoms with van der Waals surface area (Å²) in [6.07, 6.45) is 4.09. The minimum Gasteiger partial charge on any atom is -0.464 e. The predicted octanol–water partition coefficient (Wildman–Crippen LogP) is 1.54. The summed E-state index contributed by atoms with van der Waals surface area (Å²) in [5.41, 5.74) is 7.18. The number of nitrogens with two attached hydrogens (primary N) is 1. The van der Waals surface area contributed by atoms with E-state index in [0.717, 1.165) is 18.4 Å². The summed E-state index contributed by atoms with van der Waals surface area (Å²) in [5.74, 6) is 0.217. The van der Waals surface area contributed by atoms with E-state index < -0.39 is 5.97 Å². The van der Waals surface area contributed by atoms with E-state index in [1.165, 1.54) is 13.5 Å². The largest absolute Gasteiger partial charge is 0.464 e. The van der Waals surface area contributed by atoms with Crippen LogP contribution in [-0.2, 0) is 11.2 Å². The topological polar surface area (TPSA) is 70.1 Å². The number of carbonyl (C=O) groups excluding carboxylic acids is 1. The minimum absolute atomic E-state index is 0.365. The average Bonchev–Trinajstić information content (AvgIpc) is 2.53. The molecule has 1 heterocycles. The number of methoxy groups -OCH3 is 1. The Bertz CT molecular complexity index is 408. The Morgan fingerprint density at radius 1 is 1.62 bits per heavy atom. The fraction of sp³-hybridized carbons (Fsp3) is 0.636. The highest BCUT2D eigenvalue weighted by Crippen LogP contribution is 2.34. The van der Waals surface area contributed by atoms with Crippen LogP contribution in [0.4, 0.5) is 5.82 Å². The number of hydrogen-bond acceptors (Lipinski definition) is 4. The first-order valence-corrected chi connectivity index (χ1v) is 5.64. The molecule has 0 bridgehead atoms. The van der Waals surface area contributed by atoms with Gasteiger partial charge in [-0.05, 0) is 25.7 Å². The standard InChI is InChI=1S/C11H17N3O2/c1-3-8-9(11(15)16-2)13-14(10(8)12)7-5-4-6-7/h7H,3-6,12H2,1-2H3. The fourth-order valence-corrected chi connectivity index (χ4v) is 2.00. The van der Waals surface area contributed by atoms with Gasteiger partial charge in [0, 0.05) is 5.56 Å². The van der Waals surface area contributed by atoms with Crippen molar-refractivity contribution in [2.24, 2.45) is 0 Å². The van der Waals surface area contributed by atoms with Crippen LogP contribution in [0.3, 0.4) is 0 Å². The molecule has 0 saturated heterocycles. The fourth-order valence-electron chi connectivity index (χ4n) is 2.00. The molecule has 0 aliphatic heterocycles. The van der Waals surface area contributed by atoms with E-state index in [9.17, 15) is 4.79 Å². The maximum atomic E-state index is 11.5. The third-order valence-electron chi connectivity index (χ3n) is 3.20. The summed E-state index contributed by atoms with van der Waals surface area (Å²) in [6, 6.07) is 0.365. The van der Waals surface area contributed by atoms with Gasteiger partial charge in [0.05, 0.1) is 13.2 Å². The molecule has 1 fully saturated rings. The molecule has 2 rings (SSSR count). The normalized spacial score (nSPS) is 15.9. The number of anilines is 1. The van der Waals surface area contributed by atoms with Crippen LogP contribution in [0.2, 0.25) is 0 Å². The Balaban J connectivity index is 2.40. The second kappa shape index (κ2) is 4.15. The molecule has 1 aliphatic rings. The van der Waals surface area contributed by atoms with E-state index in [2.05, 4.69) is 5.10 Å². The molecule has 16 heavy (non-hydrogen) atoms. The molecule has 0 atom stereocenters. The van der Waals surface area contributed by atoms with Gasteiger partial charge in [-0.25, -0.2) is 9.48 Å². The summed E-state index contributed by atoms with van der Waals surface area (Å²) in [6.45, 7) is 1.96. The molecular weight excluding hydrogens is 206 g/mol. The van der Waals surface area contributed by atoms with Crippen molar-refractivity contribution < 1.29 is 9.53 Å². The van der Waals surface area contributed by atoms with Crippen molar-refractivity contribution in [3.63, 3.8) is 0 Å². The Morgan fingerprint density at radius 3 is 2.75 bits per heavy atom. The van der Waals surface area contributed by atoms with Gasteiger partial charge in [-0.15, -0.1) is 0 Å². The second-order valence-electron chi connectivity index (χ2n) is 4.09. The van der Waals surface area contributed by atoms with Crippen molar-refractivity contribution in [1.29, 1.82) is 0 Å². The van der Waals surface area contributed by atoms with Gasteiger partial charge < -0.3 is 10.5 Å². The molecule has 5 nitrogen and oxygen atoms in total. The number of nitrogens with zero attached hydrogens (tertiary/aromatic N) is 2. The van der Waals surface area contributed by atoms with E-state index in [0.29, 0.717) is 24.0 Å². The zero-order valence-electron chi connectivity index (χ0n) is 9.69. The monoisotopic (exact) mass is 223 g/mol. The Morgan fingerprint density at radius 2 is 2.31 bits per heavy atom. The Hall–Kier alpha value is -1.52. The van der Waals surface area contributed by atoms with E-state index in [1.54, 1.807) is 4.68 Å². The first-order chi connectivity index (χ1) is 7.69. The summed E-state index contributed by atoms with van der Waals surface area (Å²) < 4.78 is 6.49. The van der Waals surface area contributed by atoms with Gasteiger partial charge in [0.2, 0.25) is 0 Å². The van der Waals surface area contributed by atoms with E-state index in [-0.39, 0.29) is 0 Å². The molecule has 0 radical (unpaired) electrons. The van der Waals surface area contributed by atoms with E-state index >= 15 is 0 Å². The van der Waals surface area contributed by atoms with Crippen molar-refractivity contribution in [3.8, 4) is 0 Å². The third-order valence-corrected chi connectivity index (χ3v) is 3.20. The summed E-state index contributed by atoms with van der Waals surface area (Å²) >= 11 is 0. The van der Waals surface area contributed by atoms with Crippen LogP contribution >= 0.6 is 0 Å². The number of rotatable bonds is 3. The maximum absolute atomic E-state index is 11.5. The molecule has 1 aliphatic carbocycles. The lowest BCUT2D eigenvalue weighted by atomic mass is 9.93. The molecule has 1 aromatic heterocycles. The maximum Gasteiger partial charge on any atom is 0.358 e. The van der Waals surface area contributed by atoms with Crippen LogP contribution in [0.15, 0.2) is 0 Å². The number of esters is 1. The van der Waals surface area contributed by atoms with Gasteiger partial charge in [0.25, 0.3) is 0 Å². The number of hydrogen-bond donors (Lipinski definition) is 1. The first-order valence-electron chi connectivity index (χ1n) is 5.64. The Labute approximate surface area is 94.6 Å². The van der Waals surface area contributed by atoms with Crippen LogP contribution in [0, 0.1) is 0 Å². The number of carbonyl (C=O) groups is 1. The summed E-state index contributed by atoms with van der Waals surface area (Å²) in [5, 5.41) is 4.29. The van der Waals surface area contributed by atoms with Gasteiger partial charge >= 0.3 is 5.97 Å². The van der Waals surface area contributed by atoms with Gasteiger partial charge in [-0.1, -0.05) is 6.92 Å². The molecule has 0 amide bonds. The molecule has 0 spiro atoms. The van der Waals surface area contributed by atoms with Crippen LogP contribution in [0.25, 0.3) is 0 Å². The van der Waals surface area contributed by atoms with Gasteiger partial charge in [-0.2, -0.15) is 5.10 Å². The van der Waals surface area contributed by atoms with Crippen LogP contribution in [0.1, 0.15) is 48.3 Å². The van der Waals surface area contributed by atoms with Gasteiger partial charge in [-0.3, -0.25) is 0 Å². The molecule has 0 unspecified atom stereocenters. The molecule has 2 N–H and O–H groups in total. The second-order valence-corrected chi connectivity index (χ2v) is 4.09. The minimum atomic E-state index is -0.401. The first kappa shape index (κ1) is 11.0. The quantitative estimate of drug-likeness (QED) is 0.789. The smallest absolute Gasteiger partial charge is 0.358 e. The van der Waals surface area contributed by atoms with E-state index in [4.69, 9.17) is 10.5 Å². The number of nitrogen functional groups attached to an aromatic ring is 1. The molecule has 1 saturated carbocycles. The third kappa shape index (κ3) is 1.56. The average molecular weight is 223 g/mol. The lowest BCUT2D eigenvalue weighted by Gasteiger charge is -2.26. The predicted molar refractivity (Wildman–Crippen MR) is 60.2 cm³/mol. The van der Waals surface area contributed by atoms with Crippen LogP contribution < -0.4 is 5.73 Å². The van der Waals surface area contributed by atoms with Gasteiger partial charge in [0.15, 0.2) is 5.69 Å². The summed E-state index contributed by atoms with van der Waals surface area (Å²) in [4.78, 5) is 11.5. The van der Waals surface area contributed by atoms with Crippen molar-refractivity contribution >= 4 is 11.8 Å². The van der Waals surface area contributed by atoms with Gasteiger partial charge in [0.1, 0.15) is 5.82 Å². The highest BCUT2D eigenvalue weighted by atomic mass is 16.5.